The second kappa shape index (κ2) is 8.73. The number of halogens is 1. The first kappa shape index (κ1) is 19.7. The van der Waals surface area contributed by atoms with Crippen molar-refractivity contribution in [1.82, 2.24) is 10.2 Å². The second-order valence-corrected chi connectivity index (χ2v) is 7.06. The Morgan fingerprint density at radius 2 is 1.75 bits per heavy atom. The van der Waals surface area contributed by atoms with Gasteiger partial charge in [0.1, 0.15) is 5.82 Å². The number of rotatable bonds is 5. The van der Waals surface area contributed by atoms with E-state index in [1.807, 2.05) is 12.1 Å². The van der Waals surface area contributed by atoms with Crippen LogP contribution in [0.4, 0.5) is 20.6 Å². The number of amides is 3. The second-order valence-electron chi connectivity index (χ2n) is 7.06. The summed E-state index contributed by atoms with van der Waals surface area (Å²) < 4.78 is 13.1. The lowest BCUT2D eigenvalue weighted by Crippen LogP contribution is -2.29. The highest BCUT2D eigenvalue weighted by molar-refractivity contribution is 6.02. The molecule has 7 heteroatoms. The molecule has 2 aromatic carbocycles. The van der Waals surface area contributed by atoms with Crippen molar-refractivity contribution in [2.45, 2.75) is 19.4 Å². The molecule has 1 aliphatic rings. The Hall–Kier alpha value is -3.09. The maximum absolute atomic E-state index is 13.1. The molecule has 0 bridgehead atoms. The van der Waals surface area contributed by atoms with Crippen LogP contribution in [0.5, 0.6) is 0 Å². The van der Waals surface area contributed by atoms with Crippen LogP contribution in [0.1, 0.15) is 28.8 Å². The molecule has 0 unspecified atom stereocenters. The number of anilines is 2. The minimum absolute atomic E-state index is 0.229. The Morgan fingerprint density at radius 3 is 2.39 bits per heavy atom. The summed E-state index contributed by atoms with van der Waals surface area (Å²) in [6.07, 6.45) is 2.19. The summed E-state index contributed by atoms with van der Waals surface area (Å²) >= 11 is 0. The Balaban J connectivity index is 1.80. The third-order valence-electron chi connectivity index (χ3n) is 4.71. The number of hydrogen-bond donors (Lipinski definition) is 2. The average molecular weight is 384 g/mol. The molecule has 0 aliphatic carbocycles. The largest absolute Gasteiger partial charge is 0.371 e. The first-order valence-corrected chi connectivity index (χ1v) is 9.34. The van der Waals surface area contributed by atoms with Crippen LogP contribution in [0.15, 0.2) is 42.5 Å². The number of hydrogen-bond acceptors (Lipinski definition) is 3. The van der Waals surface area contributed by atoms with Crippen LogP contribution in [-0.4, -0.2) is 44.0 Å². The highest BCUT2D eigenvalue weighted by Crippen LogP contribution is 2.27. The van der Waals surface area contributed by atoms with E-state index in [9.17, 15) is 14.0 Å². The summed E-state index contributed by atoms with van der Waals surface area (Å²) in [5, 5.41) is 5.67. The summed E-state index contributed by atoms with van der Waals surface area (Å²) in [5.41, 5.74) is 2.75. The zero-order valence-electron chi connectivity index (χ0n) is 16.2. The summed E-state index contributed by atoms with van der Waals surface area (Å²) in [7, 11) is 3.31. The quantitative estimate of drug-likeness (QED) is 0.830. The van der Waals surface area contributed by atoms with Crippen molar-refractivity contribution < 1.29 is 14.0 Å². The summed E-state index contributed by atoms with van der Waals surface area (Å²) in [5.74, 6) is -0.539. The Kier molecular flexibility index (Phi) is 6.13. The number of nitrogens with one attached hydrogen (secondary N) is 2. The molecule has 6 nitrogen and oxygen atoms in total. The zero-order chi connectivity index (χ0) is 20.1. The van der Waals surface area contributed by atoms with E-state index in [1.165, 1.54) is 17.0 Å². The molecule has 2 aromatic rings. The Labute approximate surface area is 164 Å². The standard InChI is InChI=1S/C21H25FN4O2/c1-25(2)21(28)24-17-9-10-19(26-11-3-4-12-26)18(13-17)20(27)23-14-15-5-7-16(22)8-6-15/h5-10,13H,3-4,11-12,14H2,1-2H3,(H,23,27)(H,24,28). The predicted octanol–water partition coefficient (Wildman–Crippen LogP) is 3.45. The molecule has 1 aliphatic heterocycles. The van der Waals surface area contributed by atoms with Crippen LogP contribution in [-0.2, 0) is 6.54 Å². The van der Waals surface area contributed by atoms with Gasteiger partial charge in [0.25, 0.3) is 5.91 Å². The molecular weight excluding hydrogens is 359 g/mol. The first-order chi connectivity index (χ1) is 13.4. The SMILES string of the molecule is CN(C)C(=O)Nc1ccc(N2CCCC2)c(C(=O)NCc2ccc(F)cc2)c1. The van der Waals surface area contributed by atoms with Gasteiger partial charge < -0.3 is 20.4 Å². The highest BCUT2D eigenvalue weighted by atomic mass is 19.1. The lowest BCUT2D eigenvalue weighted by molar-refractivity contribution is 0.0951. The highest BCUT2D eigenvalue weighted by Gasteiger charge is 2.20. The molecule has 1 fully saturated rings. The van der Waals surface area contributed by atoms with Crippen LogP contribution in [0.3, 0.4) is 0 Å². The van der Waals surface area contributed by atoms with Gasteiger partial charge in [0, 0.05) is 45.1 Å². The summed E-state index contributed by atoms with van der Waals surface area (Å²) in [4.78, 5) is 28.5. The average Bonchev–Trinajstić information content (AvgIpc) is 3.21. The smallest absolute Gasteiger partial charge is 0.321 e. The molecule has 0 spiro atoms. The van der Waals surface area contributed by atoms with E-state index in [1.54, 1.807) is 32.3 Å². The normalized spacial score (nSPS) is 13.3. The van der Waals surface area contributed by atoms with Crippen molar-refractivity contribution in [3.05, 3.63) is 59.4 Å². The summed E-state index contributed by atoms with van der Waals surface area (Å²) in [6.45, 7) is 2.11. The number of benzene rings is 2. The van der Waals surface area contributed by atoms with Gasteiger partial charge in [0.15, 0.2) is 0 Å². The van der Waals surface area contributed by atoms with E-state index < -0.39 is 0 Å². The number of nitrogens with zero attached hydrogens (tertiary/aromatic N) is 2. The van der Waals surface area contributed by atoms with E-state index in [-0.39, 0.29) is 17.8 Å². The molecule has 0 atom stereocenters. The first-order valence-electron chi connectivity index (χ1n) is 9.34. The maximum atomic E-state index is 13.1. The number of carbonyl (C=O) groups is 2. The number of carbonyl (C=O) groups excluding carboxylic acids is 2. The monoisotopic (exact) mass is 384 g/mol. The molecule has 2 N–H and O–H groups in total. The lowest BCUT2D eigenvalue weighted by atomic mass is 10.1. The van der Waals surface area contributed by atoms with Crippen LogP contribution < -0.4 is 15.5 Å². The molecule has 3 rings (SSSR count). The van der Waals surface area contributed by atoms with Gasteiger partial charge in [-0.1, -0.05) is 12.1 Å². The fourth-order valence-electron chi connectivity index (χ4n) is 3.14. The van der Waals surface area contributed by atoms with E-state index in [0.29, 0.717) is 17.8 Å². The van der Waals surface area contributed by atoms with Crippen molar-refractivity contribution in [2.75, 3.05) is 37.4 Å². The van der Waals surface area contributed by atoms with Crippen LogP contribution >= 0.6 is 0 Å². The zero-order valence-corrected chi connectivity index (χ0v) is 16.2. The van der Waals surface area contributed by atoms with Crippen molar-refractivity contribution in [2.24, 2.45) is 0 Å². The van der Waals surface area contributed by atoms with Crippen molar-refractivity contribution in [3.63, 3.8) is 0 Å². The number of urea groups is 1. The summed E-state index contributed by atoms with van der Waals surface area (Å²) in [6, 6.07) is 11.2. The fourth-order valence-corrected chi connectivity index (χ4v) is 3.14. The van der Waals surface area contributed by atoms with E-state index in [2.05, 4.69) is 15.5 Å². The van der Waals surface area contributed by atoms with Crippen molar-refractivity contribution in [1.29, 1.82) is 0 Å². The Bertz CT molecular complexity index is 846. The van der Waals surface area contributed by atoms with Gasteiger partial charge >= 0.3 is 6.03 Å². The van der Waals surface area contributed by atoms with Crippen LogP contribution in [0, 0.1) is 5.82 Å². The van der Waals surface area contributed by atoms with Gasteiger partial charge in [-0.3, -0.25) is 4.79 Å². The van der Waals surface area contributed by atoms with Crippen LogP contribution in [0.2, 0.25) is 0 Å². The fraction of sp³-hybridized carbons (Fsp3) is 0.333. The van der Waals surface area contributed by atoms with Crippen molar-refractivity contribution >= 4 is 23.3 Å². The third kappa shape index (κ3) is 4.79. The molecule has 28 heavy (non-hydrogen) atoms. The minimum Gasteiger partial charge on any atom is -0.371 e. The molecule has 148 valence electrons. The van der Waals surface area contributed by atoms with Gasteiger partial charge in [-0.25, -0.2) is 9.18 Å². The third-order valence-corrected chi connectivity index (χ3v) is 4.71. The van der Waals surface area contributed by atoms with Gasteiger partial charge in [0.05, 0.1) is 5.56 Å². The van der Waals surface area contributed by atoms with Gasteiger partial charge in [-0.15, -0.1) is 0 Å². The predicted molar refractivity (Wildman–Crippen MR) is 108 cm³/mol. The van der Waals surface area contributed by atoms with Gasteiger partial charge in [-0.05, 0) is 48.7 Å². The lowest BCUT2D eigenvalue weighted by Gasteiger charge is -2.22. The van der Waals surface area contributed by atoms with Crippen molar-refractivity contribution in [3.8, 4) is 0 Å². The molecule has 1 saturated heterocycles. The van der Waals surface area contributed by atoms with E-state index >= 15 is 0 Å². The molecular formula is C21H25FN4O2. The topological polar surface area (TPSA) is 64.7 Å². The Morgan fingerprint density at radius 1 is 1.07 bits per heavy atom. The maximum Gasteiger partial charge on any atom is 0.321 e. The van der Waals surface area contributed by atoms with E-state index in [0.717, 1.165) is 37.2 Å². The van der Waals surface area contributed by atoms with Crippen LogP contribution in [0.25, 0.3) is 0 Å². The molecule has 0 radical (unpaired) electrons. The minimum atomic E-state index is -0.310. The molecule has 0 saturated carbocycles. The molecule has 1 heterocycles. The van der Waals surface area contributed by atoms with Gasteiger partial charge in [0.2, 0.25) is 0 Å². The molecule has 0 aromatic heterocycles. The molecule has 3 amide bonds. The van der Waals surface area contributed by atoms with Gasteiger partial charge in [-0.2, -0.15) is 0 Å². The van der Waals surface area contributed by atoms with E-state index in [4.69, 9.17) is 0 Å².